The van der Waals surface area contributed by atoms with Gasteiger partial charge in [0.2, 0.25) is 5.91 Å². The number of carboxylic acid groups (broad SMARTS) is 1. The molecule has 2 aromatic rings. The lowest BCUT2D eigenvalue weighted by Crippen LogP contribution is -2.39. The van der Waals surface area contributed by atoms with E-state index in [1.54, 1.807) is 23.9 Å². The molecule has 168 valence electrons. The quantitative estimate of drug-likeness (QED) is 0.693. The van der Waals surface area contributed by atoms with Crippen LogP contribution in [-0.4, -0.2) is 64.1 Å². The van der Waals surface area contributed by atoms with Crippen molar-refractivity contribution in [3.63, 3.8) is 0 Å². The molecule has 0 bridgehead atoms. The van der Waals surface area contributed by atoms with Crippen LogP contribution in [0.25, 0.3) is 0 Å². The second-order valence-corrected chi connectivity index (χ2v) is 8.40. The average Bonchev–Trinajstić information content (AvgIpc) is 3.48. The Morgan fingerprint density at radius 3 is 2.77 bits per heavy atom. The van der Waals surface area contributed by atoms with Gasteiger partial charge in [0.05, 0.1) is 22.9 Å². The number of furan rings is 1. The number of nitrogens with zero attached hydrogens (tertiary/aromatic N) is 3. The van der Waals surface area contributed by atoms with Crippen molar-refractivity contribution in [3.8, 4) is 0 Å². The summed E-state index contributed by atoms with van der Waals surface area (Å²) in [6.45, 7) is 7.69. The van der Waals surface area contributed by atoms with E-state index < -0.39 is 12.1 Å². The fourth-order valence-electron chi connectivity index (χ4n) is 4.15. The van der Waals surface area contributed by atoms with Crippen molar-refractivity contribution in [2.75, 3.05) is 26.2 Å². The van der Waals surface area contributed by atoms with Gasteiger partial charge in [-0.3, -0.25) is 9.69 Å². The predicted octanol–water partition coefficient (Wildman–Crippen LogP) is 3.37. The number of carbonyl (C=O) groups is 2. The van der Waals surface area contributed by atoms with Gasteiger partial charge in [0.15, 0.2) is 0 Å². The molecule has 0 radical (unpaired) electrons. The Morgan fingerprint density at radius 1 is 1.48 bits per heavy atom. The van der Waals surface area contributed by atoms with Crippen LogP contribution in [0, 0.1) is 5.41 Å². The van der Waals surface area contributed by atoms with Gasteiger partial charge < -0.3 is 14.4 Å². The Bertz CT molecular complexity index is 901. The van der Waals surface area contributed by atoms with Gasteiger partial charge in [-0.1, -0.05) is 6.08 Å². The summed E-state index contributed by atoms with van der Waals surface area (Å²) >= 11 is 1.66. The lowest BCUT2D eigenvalue weighted by Gasteiger charge is -2.27. The summed E-state index contributed by atoms with van der Waals surface area (Å²) in [4.78, 5) is 30.9. The van der Waals surface area contributed by atoms with E-state index in [-0.39, 0.29) is 17.2 Å². The molecule has 2 saturated heterocycles. The van der Waals surface area contributed by atoms with E-state index in [1.165, 1.54) is 0 Å². The van der Waals surface area contributed by atoms with Crippen LogP contribution < -0.4 is 0 Å². The number of aromatic nitrogens is 1. The van der Waals surface area contributed by atoms with Crippen molar-refractivity contribution in [2.45, 2.75) is 25.1 Å². The normalized spacial score (nSPS) is 23.8. The van der Waals surface area contributed by atoms with E-state index in [4.69, 9.17) is 14.3 Å². The van der Waals surface area contributed by atoms with E-state index in [0.29, 0.717) is 6.54 Å². The minimum atomic E-state index is -5.08. The largest absolute Gasteiger partial charge is 0.490 e. The summed E-state index contributed by atoms with van der Waals surface area (Å²) < 4.78 is 36.9. The van der Waals surface area contributed by atoms with Gasteiger partial charge in [-0.2, -0.15) is 13.2 Å². The molecule has 1 amide bonds. The van der Waals surface area contributed by atoms with Gasteiger partial charge in [0, 0.05) is 55.8 Å². The minimum Gasteiger partial charge on any atom is -0.475 e. The molecular formula is C20H22F3N3O4S. The molecule has 0 aromatic carbocycles. The average molecular weight is 457 g/mol. The van der Waals surface area contributed by atoms with E-state index in [0.717, 1.165) is 43.2 Å². The number of hydrogen-bond donors (Lipinski definition) is 1. The van der Waals surface area contributed by atoms with Gasteiger partial charge in [-0.05, 0) is 12.5 Å². The fraction of sp³-hybridized carbons (Fsp3) is 0.450. The Morgan fingerprint density at radius 2 is 2.23 bits per heavy atom. The number of rotatable bonds is 5. The number of amides is 1. The molecular weight excluding hydrogens is 435 g/mol. The number of carbonyl (C=O) groups excluding carboxylic acids is 1. The van der Waals surface area contributed by atoms with Crippen molar-refractivity contribution in [3.05, 3.63) is 53.4 Å². The highest BCUT2D eigenvalue weighted by Gasteiger charge is 2.57. The molecule has 4 rings (SSSR count). The molecule has 4 heterocycles. The molecule has 31 heavy (non-hydrogen) atoms. The van der Waals surface area contributed by atoms with Crippen molar-refractivity contribution in [1.29, 1.82) is 0 Å². The number of hydrogen-bond acceptors (Lipinski definition) is 6. The third kappa shape index (κ3) is 4.99. The number of aliphatic carboxylic acids is 1. The maximum atomic E-state index is 13.2. The molecule has 1 N–H and O–H groups in total. The van der Waals surface area contributed by atoms with Crippen LogP contribution in [0.4, 0.5) is 13.2 Å². The summed E-state index contributed by atoms with van der Waals surface area (Å²) in [5.41, 5.74) is 0.809. The lowest BCUT2D eigenvalue weighted by atomic mass is 9.77. The highest BCUT2D eigenvalue weighted by Crippen LogP contribution is 2.50. The SMILES string of the molecule is C=CCN1CCC2(CN(Cc3ccoc3)CC2c2nccs2)C1=O.O=C(O)C(F)(F)F. The summed E-state index contributed by atoms with van der Waals surface area (Å²) in [5, 5.41) is 10.2. The Hall–Kier alpha value is -2.66. The second kappa shape index (κ2) is 9.23. The number of likely N-dealkylation sites (tertiary alicyclic amines) is 2. The molecule has 7 nitrogen and oxygen atoms in total. The van der Waals surface area contributed by atoms with E-state index in [9.17, 15) is 18.0 Å². The Balaban J connectivity index is 0.000000339. The third-order valence-corrected chi connectivity index (χ3v) is 6.37. The van der Waals surface area contributed by atoms with Crippen LogP contribution in [0.15, 0.2) is 47.2 Å². The van der Waals surface area contributed by atoms with Gasteiger partial charge in [-0.15, -0.1) is 17.9 Å². The van der Waals surface area contributed by atoms with Crippen LogP contribution in [-0.2, 0) is 16.1 Å². The van der Waals surface area contributed by atoms with Gasteiger partial charge in [-0.25, -0.2) is 9.78 Å². The van der Waals surface area contributed by atoms with Crippen LogP contribution in [0.3, 0.4) is 0 Å². The lowest BCUT2D eigenvalue weighted by molar-refractivity contribution is -0.192. The van der Waals surface area contributed by atoms with Gasteiger partial charge >= 0.3 is 12.1 Å². The summed E-state index contributed by atoms with van der Waals surface area (Å²) in [7, 11) is 0. The molecule has 2 aromatic heterocycles. The molecule has 2 fully saturated rings. The van der Waals surface area contributed by atoms with Gasteiger partial charge in [0.1, 0.15) is 0 Å². The van der Waals surface area contributed by atoms with Crippen molar-refractivity contribution in [2.24, 2.45) is 5.41 Å². The molecule has 2 unspecified atom stereocenters. The third-order valence-electron chi connectivity index (χ3n) is 5.48. The molecule has 1 spiro atoms. The van der Waals surface area contributed by atoms with Crippen LogP contribution in [0.1, 0.15) is 22.9 Å². The predicted molar refractivity (Wildman–Crippen MR) is 106 cm³/mol. The van der Waals surface area contributed by atoms with Crippen molar-refractivity contribution >= 4 is 23.2 Å². The maximum Gasteiger partial charge on any atom is 0.490 e. The Kier molecular flexibility index (Phi) is 6.85. The van der Waals surface area contributed by atoms with E-state index in [2.05, 4.69) is 16.5 Å². The first-order valence-electron chi connectivity index (χ1n) is 9.50. The number of carboxylic acids is 1. The molecule has 11 heteroatoms. The standard InChI is InChI=1S/C18H21N3O2S.C2HF3O2/c1-2-6-21-7-4-18(17(21)22)13-20(10-14-3-8-23-12-14)11-15(18)16-19-5-9-24-16;3-2(4,5)1(6)7/h2-3,5,8-9,12,15H,1,4,6-7,10-11,13H2;(H,6,7). The minimum absolute atomic E-state index is 0.173. The monoisotopic (exact) mass is 457 g/mol. The molecule has 2 aliphatic rings. The summed E-state index contributed by atoms with van der Waals surface area (Å²) in [6.07, 6.45) is 2.95. The summed E-state index contributed by atoms with van der Waals surface area (Å²) in [6, 6.07) is 1.99. The van der Waals surface area contributed by atoms with E-state index in [1.807, 2.05) is 28.6 Å². The van der Waals surface area contributed by atoms with Crippen LogP contribution in [0.2, 0.25) is 0 Å². The smallest absolute Gasteiger partial charge is 0.475 e. The number of thiazole rings is 1. The molecule has 0 saturated carbocycles. The first-order valence-corrected chi connectivity index (χ1v) is 10.4. The van der Waals surface area contributed by atoms with Crippen molar-refractivity contribution < 1.29 is 32.3 Å². The number of halogens is 3. The van der Waals surface area contributed by atoms with Crippen LogP contribution >= 0.6 is 11.3 Å². The summed E-state index contributed by atoms with van der Waals surface area (Å²) in [5.74, 6) is -2.32. The topological polar surface area (TPSA) is 86.9 Å². The first kappa shape index (κ1) is 23.0. The zero-order valence-electron chi connectivity index (χ0n) is 16.5. The zero-order chi connectivity index (χ0) is 22.6. The maximum absolute atomic E-state index is 13.2. The molecule has 0 aliphatic carbocycles. The van der Waals surface area contributed by atoms with E-state index >= 15 is 0 Å². The fourth-order valence-corrected chi connectivity index (χ4v) is 4.99. The first-order chi connectivity index (χ1) is 14.7. The van der Waals surface area contributed by atoms with Crippen LogP contribution in [0.5, 0.6) is 0 Å². The van der Waals surface area contributed by atoms with Gasteiger partial charge in [0.25, 0.3) is 0 Å². The highest BCUT2D eigenvalue weighted by atomic mass is 32.1. The van der Waals surface area contributed by atoms with Crippen molar-refractivity contribution in [1.82, 2.24) is 14.8 Å². The number of alkyl halides is 3. The second-order valence-electron chi connectivity index (χ2n) is 7.47. The highest BCUT2D eigenvalue weighted by molar-refractivity contribution is 7.09. The Labute approximate surface area is 180 Å². The molecule has 2 aliphatic heterocycles. The molecule has 2 atom stereocenters. The zero-order valence-corrected chi connectivity index (χ0v) is 17.4.